The van der Waals surface area contributed by atoms with Crippen LogP contribution in [0, 0.1) is 0 Å². The number of halogens is 3. The zero-order valence-corrected chi connectivity index (χ0v) is 7.43. The third-order valence-corrected chi connectivity index (χ3v) is 1.34. The number of carbonyl (C=O) groups excluding carboxylic acids is 2. The van der Waals surface area contributed by atoms with E-state index in [1.54, 1.807) is 0 Å². The zero-order chi connectivity index (χ0) is 11.2. The molecule has 1 atom stereocenters. The molecular formula is C7H10F3NO3. The van der Waals surface area contributed by atoms with Crippen LogP contribution in [0.1, 0.15) is 13.3 Å². The second kappa shape index (κ2) is 5.46. The van der Waals surface area contributed by atoms with E-state index in [2.05, 4.69) is 4.74 Å². The summed E-state index contributed by atoms with van der Waals surface area (Å²) in [6.07, 6.45) is -5.65. The Balaban J connectivity index is 4.23. The van der Waals surface area contributed by atoms with Crippen molar-refractivity contribution >= 4 is 12.4 Å². The van der Waals surface area contributed by atoms with Crippen molar-refractivity contribution in [3.05, 3.63) is 0 Å². The maximum absolute atomic E-state index is 12.1. The largest absolute Gasteiger partial charge is 0.466 e. The van der Waals surface area contributed by atoms with E-state index in [0.717, 1.165) is 0 Å². The highest BCUT2D eigenvalue weighted by atomic mass is 19.4. The molecular weight excluding hydrogens is 203 g/mol. The molecule has 4 nitrogen and oxygen atoms in total. The molecule has 0 aromatic carbocycles. The highest BCUT2D eigenvalue weighted by molar-refractivity contribution is 5.70. The normalized spacial score (nSPS) is 13.1. The lowest BCUT2D eigenvalue weighted by atomic mass is 10.2. The Bertz CT molecular complexity index is 205. The SMILES string of the molecule is CCOC(=O)CC(NC=O)C(F)(F)F. The monoisotopic (exact) mass is 213 g/mol. The number of hydrogen-bond acceptors (Lipinski definition) is 3. The van der Waals surface area contributed by atoms with Gasteiger partial charge in [-0.25, -0.2) is 0 Å². The van der Waals surface area contributed by atoms with E-state index in [4.69, 9.17) is 0 Å². The predicted molar refractivity (Wildman–Crippen MR) is 40.3 cm³/mol. The quantitative estimate of drug-likeness (QED) is 0.538. The Hall–Kier alpha value is -1.27. The zero-order valence-electron chi connectivity index (χ0n) is 7.43. The number of ether oxygens (including phenoxy) is 1. The lowest BCUT2D eigenvalue weighted by molar-refractivity contribution is -0.170. The van der Waals surface area contributed by atoms with Gasteiger partial charge in [0.05, 0.1) is 13.0 Å². The van der Waals surface area contributed by atoms with Gasteiger partial charge in [-0.3, -0.25) is 9.59 Å². The third kappa shape index (κ3) is 4.68. The van der Waals surface area contributed by atoms with Crippen LogP contribution in [-0.4, -0.2) is 31.2 Å². The van der Waals surface area contributed by atoms with Crippen molar-refractivity contribution in [2.24, 2.45) is 0 Å². The summed E-state index contributed by atoms with van der Waals surface area (Å²) in [6, 6.07) is -2.18. The van der Waals surface area contributed by atoms with E-state index in [1.165, 1.54) is 12.2 Å². The third-order valence-electron chi connectivity index (χ3n) is 1.34. The fraction of sp³-hybridized carbons (Fsp3) is 0.714. The lowest BCUT2D eigenvalue weighted by Crippen LogP contribution is -2.43. The molecule has 7 heteroatoms. The van der Waals surface area contributed by atoms with Gasteiger partial charge >= 0.3 is 12.1 Å². The first kappa shape index (κ1) is 12.7. The average molecular weight is 213 g/mol. The number of esters is 1. The van der Waals surface area contributed by atoms with Crippen molar-refractivity contribution in [1.29, 1.82) is 0 Å². The second-order valence-electron chi connectivity index (χ2n) is 2.39. The molecule has 0 saturated carbocycles. The summed E-state index contributed by atoms with van der Waals surface area (Å²) in [5.41, 5.74) is 0. The Morgan fingerprint density at radius 2 is 2.14 bits per heavy atom. The highest BCUT2D eigenvalue weighted by Gasteiger charge is 2.41. The summed E-state index contributed by atoms with van der Waals surface area (Å²) >= 11 is 0. The summed E-state index contributed by atoms with van der Waals surface area (Å²) in [6.45, 7) is 1.48. The van der Waals surface area contributed by atoms with Crippen LogP contribution in [0.3, 0.4) is 0 Å². The van der Waals surface area contributed by atoms with Crippen molar-refractivity contribution in [2.75, 3.05) is 6.61 Å². The van der Waals surface area contributed by atoms with Crippen molar-refractivity contribution in [3.8, 4) is 0 Å². The fourth-order valence-electron chi connectivity index (χ4n) is 0.738. The summed E-state index contributed by atoms with van der Waals surface area (Å²) in [4.78, 5) is 20.5. The molecule has 82 valence electrons. The van der Waals surface area contributed by atoms with E-state index in [0.29, 0.717) is 0 Å². The molecule has 0 bridgehead atoms. The van der Waals surface area contributed by atoms with Gasteiger partial charge in [-0.2, -0.15) is 13.2 Å². The van der Waals surface area contributed by atoms with E-state index in [-0.39, 0.29) is 13.0 Å². The average Bonchev–Trinajstić information content (AvgIpc) is 2.02. The van der Waals surface area contributed by atoms with Crippen molar-refractivity contribution in [2.45, 2.75) is 25.6 Å². The van der Waals surface area contributed by atoms with Crippen LogP contribution in [0.2, 0.25) is 0 Å². The summed E-state index contributed by atoms with van der Waals surface area (Å²) in [7, 11) is 0. The summed E-state index contributed by atoms with van der Waals surface area (Å²) < 4.78 is 40.6. The number of nitrogens with one attached hydrogen (secondary N) is 1. The minimum Gasteiger partial charge on any atom is -0.466 e. The number of amides is 1. The van der Waals surface area contributed by atoms with Gasteiger partial charge in [0.1, 0.15) is 6.04 Å². The van der Waals surface area contributed by atoms with Gasteiger partial charge in [0, 0.05) is 0 Å². The van der Waals surface area contributed by atoms with E-state index in [1.807, 2.05) is 0 Å². The molecule has 0 fully saturated rings. The van der Waals surface area contributed by atoms with E-state index >= 15 is 0 Å². The van der Waals surface area contributed by atoms with E-state index in [9.17, 15) is 22.8 Å². The highest BCUT2D eigenvalue weighted by Crippen LogP contribution is 2.22. The molecule has 1 unspecified atom stereocenters. The number of carbonyl (C=O) groups is 2. The first-order valence-corrected chi connectivity index (χ1v) is 3.83. The molecule has 0 aromatic heterocycles. The Labute approximate surface area is 78.4 Å². The summed E-state index contributed by atoms with van der Waals surface area (Å²) in [5.74, 6) is -0.996. The van der Waals surface area contributed by atoms with Gasteiger partial charge in [0.15, 0.2) is 0 Å². The van der Waals surface area contributed by atoms with Crippen LogP contribution in [0.4, 0.5) is 13.2 Å². The van der Waals surface area contributed by atoms with Gasteiger partial charge in [-0.05, 0) is 6.92 Å². The molecule has 0 spiro atoms. The maximum atomic E-state index is 12.1. The molecule has 0 aliphatic carbocycles. The predicted octanol–water partition coefficient (Wildman–Crippen LogP) is 0.616. The molecule has 0 radical (unpaired) electrons. The lowest BCUT2D eigenvalue weighted by Gasteiger charge is -2.18. The van der Waals surface area contributed by atoms with Crippen molar-refractivity contribution in [3.63, 3.8) is 0 Å². The van der Waals surface area contributed by atoms with Gasteiger partial charge in [0.2, 0.25) is 6.41 Å². The molecule has 1 amide bonds. The molecule has 0 saturated heterocycles. The smallest absolute Gasteiger partial charge is 0.409 e. The molecule has 0 heterocycles. The van der Waals surface area contributed by atoms with Crippen LogP contribution in [0.25, 0.3) is 0 Å². The van der Waals surface area contributed by atoms with Gasteiger partial charge in [-0.1, -0.05) is 0 Å². The van der Waals surface area contributed by atoms with E-state index < -0.39 is 24.6 Å². The van der Waals surface area contributed by atoms with Gasteiger partial charge < -0.3 is 10.1 Å². The molecule has 14 heavy (non-hydrogen) atoms. The molecule has 0 aliphatic rings. The Morgan fingerprint density at radius 3 is 2.50 bits per heavy atom. The molecule has 0 aliphatic heterocycles. The number of rotatable bonds is 5. The second-order valence-corrected chi connectivity index (χ2v) is 2.39. The van der Waals surface area contributed by atoms with Crippen LogP contribution in [-0.2, 0) is 14.3 Å². The van der Waals surface area contributed by atoms with Crippen LogP contribution in [0.15, 0.2) is 0 Å². The van der Waals surface area contributed by atoms with Gasteiger partial charge in [-0.15, -0.1) is 0 Å². The topological polar surface area (TPSA) is 55.4 Å². The number of alkyl halides is 3. The maximum Gasteiger partial charge on any atom is 0.409 e. The van der Waals surface area contributed by atoms with Crippen LogP contribution >= 0.6 is 0 Å². The Morgan fingerprint density at radius 1 is 1.57 bits per heavy atom. The van der Waals surface area contributed by atoms with Crippen LogP contribution < -0.4 is 5.32 Å². The van der Waals surface area contributed by atoms with Crippen molar-refractivity contribution < 1.29 is 27.5 Å². The first-order chi connectivity index (χ1) is 6.41. The fourth-order valence-corrected chi connectivity index (χ4v) is 0.738. The minimum absolute atomic E-state index is 0.00446. The molecule has 0 aromatic rings. The van der Waals surface area contributed by atoms with Crippen LogP contribution in [0.5, 0.6) is 0 Å². The summed E-state index contributed by atoms with van der Waals surface area (Å²) in [5, 5.41) is 1.51. The first-order valence-electron chi connectivity index (χ1n) is 3.83. The standard InChI is InChI=1S/C7H10F3NO3/c1-2-14-6(13)3-5(11-4-12)7(8,9)10/h4-5H,2-3H2,1H3,(H,11,12). The van der Waals surface area contributed by atoms with Gasteiger partial charge in [0.25, 0.3) is 0 Å². The Kier molecular flexibility index (Phi) is 4.96. The van der Waals surface area contributed by atoms with Crippen molar-refractivity contribution in [1.82, 2.24) is 5.32 Å². The molecule has 0 rings (SSSR count). The number of hydrogen-bond donors (Lipinski definition) is 1. The minimum atomic E-state index is -4.65. The molecule has 1 N–H and O–H groups in total.